The number of alkyl halides is 3. The van der Waals surface area contributed by atoms with Crippen LogP contribution in [0.3, 0.4) is 0 Å². The number of hydrogen-bond acceptors (Lipinski definition) is 4. The monoisotopic (exact) mass is 418 g/mol. The van der Waals surface area contributed by atoms with E-state index in [1.165, 1.54) is 12.1 Å². The number of rotatable bonds is 6. The van der Waals surface area contributed by atoms with Crippen molar-refractivity contribution in [3.8, 4) is 5.75 Å². The van der Waals surface area contributed by atoms with Gasteiger partial charge in [0.15, 0.2) is 0 Å². The molecular weight excluding hydrogens is 397 g/mol. The van der Waals surface area contributed by atoms with E-state index in [1.807, 2.05) is 0 Å². The van der Waals surface area contributed by atoms with Gasteiger partial charge in [-0.3, -0.25) is 9.48 Å². The minimum absolute atomic E-state index is 0. The highest BCUT2D eigenvalue weighted by Crippen LogP contribution is 2.30. The Morgan fingerprint density at radius 3 is 2.68 bits per heavy atom. The Bertz CT molecular complexity index is 759. The fraction of sp³-hybridized carbons (Fsp3) is 0.444. The molecule has 6 nitrogen and oxygen atoms in total. The fourth-order valence-electron chi connectivity index (χ4n) is 2.89. The topological polar surface area (TPSA) is 68.2 Å². The average Bonchev–Trinajstić information content (AvgIpc) is 3.16. The molecule has 1 aliphatic heterocycles. The van der Waals surface area contributed by atoms with Gasteiger partial charge < -0.3 is 15.4 Å². The summed E-state index contributed by atoms with van der Waals surface area (Å²) in [4.78, 5) is 12.1. The summed E-state index contributed by atoms with van der Waals surface area (Å²) in [6.07, 6.45) is -0.473. The van der Waals surface area contributed by atoms with Crippen LogP contribution in [-0.2, 0) is 6.18 Å². The van der Waals surface area contributed by atoms with Crippen LogP contribution in [0.25, 0.3) is 0 Å². The molecule has 1 aromatic carbocycles. The van der Waals surface area contributed by atoms with Crippen molar-refractivity contribution >= 4 is 18.3 Å². The van der Waals surface area contributed by atoms with Crippen molar-refractivity contribution in [3.05, 3.63) is 47.8 Å². The molecule has 0 saturated carbocycles. The van der Waals surface area contributed by atoms with E-state index in [2.05, 4.69) is 15.7 Å². The number of halogens is 4. The molecule has 1 amide bonds. The van der Waals surface area contributed by atoms with Crippen LogP contribution in [0.1, 0.15) is 34.9 Å². The van der Waals surface area contributed by atoms with Crippen molar-refractivity contribution in [1.82, 2.24) is 20.4 Å². The first-order valence-electron chi connectivity index (χ1n) is 8.77. The van der Waals surface area contributed by atoms with Crippen LogP contribution in [-0.4, -0.2) is 41.9 Å². The van der Waals surface area contributed by atoms with Crippen LogP contribution in [0.4, 0.5) is 13.2 Å². The summed E-state index contributed by atoms with van der Waals surface area (Å²) in [7, 11) is 0. The molecule has 2 N–H and O–H groups in total. The second-order valence-electron chi connectivity index (χ2n) is 6.31. The Kier molecular flexibility index (Phi) is 7.70. The smallest absolute Gasteiger partial charge is 0.416 e. The van der Waals surface area contributed by atoms with Gasteiger partial charge in [-0.05, 0) is 49.7 Å². The van der Waals surface area contributed by atoms with Crippen LogP contribution in [0.5, 0.6) is 5.75 Å². The number of nitrogens with one attached hydrogen (secondary N) is 2. The molecule has 0 radical (unpaired) electrons. The van der Waals surface area contributed by atoms with E-state index in [1.54, 1.807) is 16.9 Å². The van der Waals surface area contributed by atoms with Gasteiger partial charge in [0.05, 0.1) is 18.2 Å². The number of nitrogens with zero attached hydrogens (tertiary/aromatic N) is 2. The van der Waals surface area contributed by atoms with Crippen LogP contribution in [0, 0.1) is 0 Å². The van der Waals surface area contributed by atoms with Crippen molar-refractivity contribution in [2.75, 3.05) is 26.2 Å². The molecule has 1 atom stereocenters. The molecule has 0 aliphatic carbocycles. The number of amides is 1. The number of carbonyl (C=O) groups excluding carboxylic acids is 1. The van der Waals surface area contributed by atoms with Gasteiger partial charge in [0.1, 0.15) is 18.1 Å². The fourth-order valence-corrected chi connectivity index (χ4v) is 2.89. The lowest BCUT2D eigenvalue weighted by Crippen LogP contribution is -2.32. The molecule has 0 spiro atoms. The summed E-state index contributed by atoms with van der Waals surface area (Å²) in [5, 5.41) is 10.3. The lowest BCUT2D eigenvalue weighted by molar-refractivity contribution is -0.137. The van der Waals surface area contributed by atoms with E-state index in [4.69, 9.17) is 4.74 Å². The van der Waals surface area contributed by atoms with Gasteiger partial charge in [-0.2, -0.15) is 18.3 Å². The highest BCUT2D eigenvalue weighted by atomic mass is 35.5. The Morgan fingerprint density at radius 2 is 2.04 bits per heavy atom. The summed E-state index contributed by atoms with van der Waals surface area (Å²) >= 11 is 0. The van der Waals surface area contributed by atoms with Crippen molar-refractivity contribution in [1.29, 1.82) is 0 Å². The number of benzene rings is 1. The van der Waals surface area contributed by atoms with Gasteiger partial charge in [0.25, 0.3) is 5.91 Å². The van der Waals surface area contributed by atoms with E-state index in [9.17, 15) is 18.0 Å². The van der Waals surface area contributed by atoms with Crippen molar-refractivity contribution in [2.45, 2.75) is 25.1 Å². The zero-order chi connectivity index (χ0) is 19.3. The Morgan fingerprint density at radius 1 is 1.29 bits per heavy atom. The first-order valence-corrected chi connectivity index (χ1v) is 8.77. The van der Waals surface area contributed by atoms with E-state index in [0.29, 0.717) is 11.4 Å². The van der Waals surface area contributed by atoms with Gasteiger partial charge in [0.2, 0.25) is 0 Å². The number of piperidine rings is 1. The third-order valence-electron chi connectivity index (χ3n) is 4.32. The summed E-state index contributed by atoms with van der Waals surface area (Å²) in [5.74, 6) is -0.000127. The van der Waals surface area contributed by atoms with E-state index in [0.717, 1.165) is 38.1 Å². The Hall–Kier alpha value is -2.26. The molecular formula is C18H22ClF3N4O2. The first-order chi connectivity index (χ1) is 12.9. The molecule has 0 bridgehead atoms. The minimum atomic E-state index is -4.37. The molecule has 1 saturated heterocycles. The molecule has 2 aromatic rings. The number of aromatic nitrogens is 2. The number of ether oxygens (including phenoxy) is 1. The second-order valence-corrected chi connectivity index (χ2v) is 6.31. The van der Waals surface area contributed by atoms with E-state index >= 15 is 0 Å². The highest BCUT2D eigenvalue weighted by molar-refractivity contribution is 5.92. The van der Waals surface area contributed by atoms with Crippen molar-refractivity contribution in [3.63, 3.8) is 0 Å². The quantitative estimate of drug-likeness (QED) is 0.707. The summed E-state index contributed by atoms with van der Waals surface area (Å²) < 4.78 is 44.6. The third kappa shape index (κ3) is 5.87. The number of carbonyl (C=O) groups is 1. The van der Waals surface area contributed by atoms with E-state index in [-0.39, 0.29) is 37.5 Å². The highest BCUT2D eigenvalue weighted by Gasteiger charge is 2.30. The molecule has 1 unspecified atom stereocenters. The van der Waals surface area contributed by atoms with Gasteiger partial charge in [-0.15, -0.1) is 12.4 Å². The average molecular weight is 419 g/mol. The summed E-state index contributed by atoms with van der Waals surface area (Å²) in [6.45, 7) is 2.20. The molecule has 1 aliphatic rings. The van der Waals surface area contributed by atoms with Gasteiger partial charge >= 0.3 is 6.18 Å². The molecule has 1 fully saturated rings. The zero-order valence-corrected chi connectivity index (χ0v) is 15.9. The molecule has 2 heterocycles. The molecule has 3 rings (SSSR count). The molecule has 28 heavy (non-hydrogen) atoms. The molecule has 1 aromatic heterocycles. The largest absolute Gasteiger partial charge is 0.492 e. The minimum Gasteiger partial charge on any atom is -0.492 e. The van der Waals surface area contributed by atoms with E-state index < -0.39 is 11.7 Å². The summed E-state index contributed by atoms with van der Waals surface area (Å²) in [6, 6.07) is 6.35. The SMILES string of the molecule is Cl.O=C(NCCOc1ccc(C(F)(F)F)cc1)c1ccn(C2CCCNC2)n1. The van der Waals surface area contributed by atoms with Gasteiger partial charge in [0, 0.05) is 12.7 Å². The second kappa shape index (κ2) is 9.79. The first kappa shape index (κ1) is 22.0. The predicted octanol–water partition coefficient (Wildman–Crippen LogP) is 3.06. The maximum Gasteiger partial charge on any atom is 0.416 e. The maximum absolute atomic E-state index is 12.5. The van der Waals surface area contributed by atoms with Crippen molar-refractivity contribution < 1.29 is 22.7 Å². The Labute approximate surface area is 166 Å². The molecule has 10 heteroatoms. The van der Waals surface area contributed by atoms with Gasteiger partial charge in [-0.25, -0.2) is 0 Å². The third-order valence-corrected chi connectivity index (χ3v) is 4.32. The number of hydrogen-bond donors (Lipinski definition) is 2. The Balaban J connectivity index is 0.00000280. The standard InChI is InChI=1S/C18H21F3N4O2.ClH/c19-18(20,21)13-3-5-15(6-4-13)27-11-9-23-17(26)16-7-10-25(24-16)14-2-1-8-22-12-14;/h3-7,10,14,22H,1-2,8-9,11-12H2,(H,23,26);1H. The lowest BCUT2D eigenvalue weighted by atomic mass is 10.1. The van der Waals surface area contributed by atoms with Gasteiger partial charge in [-0.1, -0.05) is 0 Å². The maximum atomic E-state index is 12.5. The zero-order valence-electron chi connectivity index (χ0n) is 15.0. The predicted molar refractivity (Wildman–Crippen MR) is 99.9 cm³/mol. The van der Waals surface area contributed by atoms with Crippen LogP contribution < -0.4 is 15.4 Å². The summed E-state index contributed by atoms with van der Waals surface area (Å²) in [5.41, 5.74) is -0.401. The van der Waals surface area contributed by atoms with Crippen LogP contribution in [0.15, 0.2) is 36.5 Å². The van der Waals surface area contributed by atoms with Crippen LogP contribution in [0.2, 0.25) is 0 Å². The normalized spacial score (nSPS) is 16.9. The van der Waals surface area contributed by atoms with Crippen LogP contribution >= 0.6 is 12.4 Å². The molecule has 154 valence electrons. The lowest BCUT2D eigenvalue weighted by Gasteiger charge is -2.22. The van der Waals surface area contributed by atoms with Crippen molar-refractivity contribution in [2.24, 2.45) is 0 Å².